The molecular weight excluding hydrogens is 396 g/mol. The molecule has 1 fully saturated rings. The lowest BCUT2D eigenvalue weighted by molar-refractivity contribution is 0.593. The number of hydrogen-bond donors (Lipinski definition) is 2. The fraction of sp³-hybridized carbons (Fsp3) is 0.500. The van der Waals surface area contributed by atoms with Crippen molar-refractivity contribution in [2.24, 2.45) is 0 Å². The molecular formula is C12H16Br2N2O2S. The van der Waals surface area contributed by atoms with Crippen LogP contribution >= 0.6 is 31.9 Å². The molecule has 2 N–H and O–H groups in total. The van der Waals surface area contributed by atoms with Crippen LogP contribution in [0.4, 0.5) is 5.69 Å². The molecule has 7 heteroatoms. The molecule has 1 aromatic carbocycles. The molecule has 0 aromatic heterocycles. The van der Waals surface area contributed by atoms with Crippen LogP contribution in [-0.2, 0) is 10.0 Å². The maximum Gasteiger partial charge on any atom is 0.232 e. The number of benzene rings is 1. The van der Waals surface area contributed by atoms with Gasteiger partial charge in [0.2, 0.25) is 10.0 Å². The van der Waals surface area contributed by atoms with Gasteiger partial charge in [0.25, 0.3) is 0 Å². The molecule has 1 aromatic rings. The van der Waals surface area contributed by atoms with Crippen LogP contribution in [0.2, 0.25) is 0 Å². The average Bonchev–Trinajstić information content (AvgIpc) is 3.12. The molecule has 1 aliphatic rings. The summed E-state index contributed by atoms with van der Waals surface area (Å²) in [6.07, 6.45) is 3.06. The van der Waals surface area contributed by atoms with Crippen molar-refractivity contribution in [3.8, 4) is 0 Å². The van der Waals surface area contributed by atoms with Crippen LogP contribution < -0.4 is 10.0 Å². The van der Waals surface area contributed by atoms with E-state index >= 15 is 0 Å². The molecule has 0 radical (unpaired) electrons. The first kappa shape index (κ1) is 15.3. The van der Waals surface area contributed by atoms with Crippen LogP contribution in [0, 0.1) is 0 Å². The van der Waals surface area contributed by atoms with Gasteiger partial charge >= 0.3 is 0 Å². The first-order valence-electron chi connectivity index (χ1n) is 6.15. The average molecular weight is 412 g/mol. The number of anilines is 1. The summed E-state index contributed by atoms with van der Waals surface area (Å²) in [5.41, 5.74) is 0.568. The zero-order valence-electron chi connectivity index (χ0n) is 10.3. The Morgan fingerprint density at radius 2 is 2.00 bits per heavy atom. The lowest BCUT2D eigenvalue weighted by Gasteiger charge is -2.10. The van der Waals surface area contributed by atoms with Crippen LogP contribution in [0.1, 0.15) is 19.3 Å². The van der Waals surface area contributed by atoms with E-state index in [1.807, 2.05) is 6.07 Å². The number of rotatable bonds is 7. The van der Waals surface area contributed by atoms with Gasteiger partial charge in [-0.25, -0.2) is 8.42 Å². The van der Waals surface area contributed by atoms with Crippen LogP contribution in [0.5, 0.6) is 0 Å². The topological polar surface area (TPSA) is 58.2 Å². The first-order chi connectivity index (χ1) is 8.96. The van der Waals surface area contributed by atoms with E-state index in [2.05, 4.69) is 41.9 Å². The molecule has 1 aliphatic carbocycles. The zero-order chi connectivity index (χ0) is 13.9. The molecule has 0 unspecified atom stereocenters. The highest BCUT2D eigenvalue weighted by Gasteiger charge is 2.20. The van der Waals surface area contributed by atoms with Crippen molar-refractivity contribution in [3.05, 3.63) is 27.1 Å². The van der Waals surface area contributed by atoms with E-state index in [4.69, 9.17) is 0 Å². The zero-order valence-corrected chi connectivity index (χ0v) is 14.3. The Morgan fingerprint density at radius 1 is 1.26 bits per heavy atom. The minimum atomic E-state index is -3.28. The molecule has 0 saturated heterocycles. The van der Waals surface area contributed by atoms with Crippen molar-refractivity contribution < 1.29 is 8.42 Å². The monoisotopic (exact) mass is 410 g/mol. The summed E-state index contributed by atoms with van der Waals surface area (Å²) in [6.45, 7) is 0.757. The fourth-order valence-electron chi connectivity index (χ4n) is 1.65. The maximum atomic E-state index is 11.9. The molecule has 106 valence electrons. The van der Waals surface area contributed by atoms with Gasteiger partial charge in [-0.3, -0.25) is 4.72 Å². The minimum absolute atomic E-state index is 0.134. The van der Waals surface area contributed by atoms with Crippen LogP contribution in [0.3, 0.4) is 0 Å². The van der Waals surface area contributed by atoms with E-state index in [1.54, 1.807) is 12.1 Å². The van der Waals surface area contributed by atoms with Gasteiger partial charge in [0.05, 0.1) is 11.4 Å². The second-order valence-electron chi connectivity index (χ2n) is 4.63. The van der Waals surface area contributed by atoms with Gasteiger partial charge in [-0.2, -0.15) is 0 Å². The summed E-state index contributed by atoms with van der Waals surface area (Å²) in [7, 11) is -3.28. The smallest absolute Gasteiger partial charge is 0.232 e. The molecule has 1 saturated carbocycles. The summed E-state index contributed by atoms with van der Waals surface area (Å²) in [5.74, 6) is 0.134. The Bertz CT molecular complexity index is 545. The summed E-state index contributed by atoms with van der Waals surface area (Å²) < 4.78 is 28.1. The summed E-state index contributed by atoms with van der Waals surface area (Å²) >= 11 is 6.67. The van der Waals surface area contributed by atoms with Crippen LogP contribution in [-0.4, -0.2) is 26.8 Å². The third-order valence-electron chi connectivity index (χ3n) is 2.80. The highest BCUT2D eigenvalue weighted by Crippen LogP contribution is 2.27. The molecule has 0 atom stereocenters. The van der Waals surface area contributed by atoms with Gasteiger partial charge in [-0.1, -0.05) is 15.9 Å². The predicted molar refractivity (Wildman–Crippen MR) is 84.9 cm³/mol. The third-order valence-corrected chi connectivity index (χ3v) is 5.30. The van der Waals surface area contributed by atoms with Crippen LogP contribution in [0.25, 0.3) is 0 Å². The van der Waals surface area contributed by atoms with Gasteiger partial charge in [0, 0.05) is 15.0 Å². The van der Waals surface area contributed by atoms with E-state index in [-0.39, 0.29) is 5.75 Å². The number of nitrogens with one attached hydrogen (secondary N) is 2. The van der Waals surface area contributed by atoms with Gasteiger partial charge in [0.1, 0.15) is 0 Å². The molecule has 2 rings (SSSR count). The molecule has 4 nitrogen and oxygen atoms in total. The largest absolute Gasteiger partial charge is 0.314 e. The van der Waals surface area contributed by atoms with E-state index in [9.17, 15) is 8.42 Å². The second-order valence-corrected chi connectivity index (χ2v) is 8.24. The van der Waals surface area contributed by atoms with Crippen molar-refractivity contribution >= 4 is 47.6 Å². The lowest BCUT2D eigenvalue weighted by atomic mass is 10.3. The van der Waals surface area contributed by atoms with Gasteiger partial charge in [-0.15, -0.1) is 0 Å². The summed E-state index contributed by atoms with van der Waals surface area (Å²) in [6, 6.07) is 5.97. The predicted octanol–water partition coefficient (Wildman–Crippen LogP) is 3.10. The molecule has 0 amide bonds. The lowest BCUT2D eigenvalue weighted by Crippen LogP contribution is -2.23. The van der Waals surface area contributed by atoms with E-state index in [0.717, 1.165) is 15.5 Å². The van der Waals surface area contributed by atoms with E-state index in [1.165, 1.54) is 12.8 Å². The third kappa shape index (κ3) is 5.41. The SMILES string of the molecule is O=S(=O)(CCCNC1CC1)Nc1ccc(Br)cc1Br. The first-order valence-corrected chi connectivity index (χ1v) is 9.39. The molecule has 0 aliphatic heterocycles. The Morgan fingerprint density at radius 3 is 2.63 bits per heavy atom. The molecule has 0 heterocycles. The fourth-order valence-corrected chi connectivity index (χ4v) is 4.06. The Balaban J connectivity index is 1.84. The van der Waals surface area contributed by atoms with Gasteiger partial charge < -0.3 is 5.32 Å². The number of sulfonamides is 1. The number of halogens is 2. The van der Waals surface area contributed by atoms with Crippen molar-refractivity contribution in [2.45, 2.75) is 25.3 Å². The minimum Gasteiger partial charge on any atom is -0.314 e. The van der Waals surface area contributed by atoms with Crippen molar-refractivity contribution in [1.29, 1.82) is 0 Å². The highest BCUT2D eigenvalue weighted by atomic mass is 79.9. The normalized spacial score (nSPS) is 15.5. The Hall–Kier alpha value is -0.110. The van der Waals surface area contributed by atoms with Crippen LogP contribution in [0.15, 0.2) is 27.1 Å². The van der Waals surface area contributed by atoms with Gasteiger partial charge in [-0.05, 0) is 59.9 Å². The van der Waals surface area contributed by atoms with Crippen molar-refractivity contribution in [3.63, 3.8) is 0 Å². The quantitative estimate of drug-likeness (QED) is 0.677. The molecule has 19 heavy (non-hydrogen) atoms. The Kier molecular flexibility index (Phi) is 5.28. The van der Waals surface area contributed by atoms with Gasteiger partial charge in [0.15, 0.2) is 0 Å². The Labute approximate surface area is 130 Å². The van der Waals surface area contributed by atoms with Crippen molar-refractivity contribution in [2.75, 3.05) is 17.0 Å². The van der Waals surface area contributed by atoms with Crippen molar-refractivity contribution in [1.82, 2.24) is 5.32 Å². The summed E-state index contributed by atoms with van der Waals surface area (Å²) in [5, 5.41) is 3.30. The summed E-state index contributed by atoms with van der Waals surface area (Å²) in [4.78, 5) is 0. The number of hydrogen-bond acceptors (Lipinski definition) is 3. The van der Waals surface area contributed by atoms with E-state index in [0.29, 0.717) is 18.2 Å². The highest BCUT2D eigenvalue weighted by molar-refractivity contribution is 9.11. The maximum absolute atomic E-state index is 11.9. The standard InChI is InChI=1S/C12H16Br2N2O2S/c13-9-2-5-12(11(14)8-9)16-19(17,18)7-1-6-15-10-3-4-10/h2,5,8,10,15-16H,1,3-4,6-7H2. The second kappa shape index (κ2) is 6.56. The van der Waals surface area contributed by atoms with E-state index < -0.39 is 10.0 Å². The molecule has 0 bridgehead atoms. The molecule has 0 spiro atoms.